The van der Waals surface area contributed by atoms with Gasteiger partial charge >= 0.3 is 0 Å². The van der Waals surface area contributed by atoms with Crippen LogP contribution in [-0.4, -0.2) is 17.0 Å². The van der Waals surface area contributed by atoms with Gasteiger partial charge in [-0.05, 0) is 29.5 Å². The summed E-state index contributed by atoms with van der Waals surface area (Å²) < 4.78 is 0. The third kappa shape index (κ3) is 2.11. The Morgan fingerprint density at radius 1 is 1.00 bits per heavy atom. The van der Waals surface area contributed by atoms with Gasteiger partial charge in [-0.3, -0.25) is 4.98 Å². The highest BCUT2D eigenvalue weighted by Gasteiger charge is 2.07. The third-order valence-corrected chi connectivity index (χ3v) is 3.54. The molecule has 0 saturated carbocycles. The Hall–Kier alpha value is -2.42. The SMILES string of the molecule is CCc1ccc(-c2cccc3c(NC)nccc23)cn1. The number of rotatable bonds is 3. The first-order chi connectivity index (χ1) is 9.83. The Balaban J connectivity index is 2.20. The summed E-state index contributed by atoms with van der Waals surface area (Å²) in [6.07, 6.45) is 4.75. The van der Waals surface area contributed by atoms with Gasteiger partial charge in [0.1, 0.15) is 5.82 Å². The van der Waals surface area contributed by atoms with E-state index in [0.29, 0.717) is 0 Å². The average molecular weight is 263 g/mol. The second-order valence-corrected chi connectivity index (χ2v) is 4.70. The predicted octanol–water partition coefficient (Wildman–Crippen LogP) is 3.90. The van der Waals surface area contributed by atoms with Gasteiger partial charge < -0.3 is 5.32 Å². The number of hydrogen-bond donors (Lipinski definition) is 1. The molecule has 1 aromatic carbocycles. The van der Waals surface area contributed by atoms with Crippen LogP contribution in [0.4, 0.5) is 5.82 Å². The van der Waals surface area contributed by atoms with Crippen molar-refractivity contribution in [1.29, 1.82) is 0 Å². The molecule has 0 atom stereocenters. The van der Waals surface area contributed by atoms with Crippen molar-refractivity contribution in [1.82, 2.24) is 9.97 Å². The summed E-state index contributed by atoms with van der Waals surface area (Å²) in [7, 11) is 1.89. The van der Waals surface area contributed by atoms with Gasteiger partial charge in [0.25, 0.3) is 0 Å². The maximum absolute atomic E-state index is 4.49. The lowest BCUT2D eigenvalue weighted by atomic mass is 10.00. The average Bonchev–Trinajstić information content (AvgIpc) is 2.54. The minimum atomic E-state index is 0.905. The van der Waals surface area contributed by atoms with Crippen molar-refractivity contribution in [3.63, 3.8) is 0 Å². The van der Waals surface area contributed by atoms with Crippen molar-refractivity contribution in [2.24, 2.45) is 0 Å². The number of aromatic nitrogens is 2. The van der Waals surface area contributed by atoms with Crippen LogP contribution in [0.15, 0.2) is 48.8 Å². The molecule has 0 bridgehead atoms. The summed E-state index contributed by atoms with van der Waals surface area (Å²) in [5.41, 5.74) is 3.45. The summed E-state index contributed by atoms with van der Waals surface area (Å²) in [6.45, 7) is 2.12. The molecule has 0 amide bonds. The Kier molecular flexibility index (Phi) is 3.33. The van der Waals surface area contributed by atoms with Crippen molar-refractivity contribution in [3.05, 3.63) is 54.5 Å². The number of nitrogens with zero attached hydrogens (tertiary/aromatic N) is 2. The van der Waals surface area contributed by atoms with Crippen LogP contribution in [0.5, 0.6) is 0 Å². The number of fused-ring (bicyclic) bond motifs is 1. The molecular formula is C17H17N3. The molecule has 0 fully saturated rings. The Morgan fingerprint density at radius 2 is 1.90 bits per heavy atom. The maximum Gasteiger partial charge on any atom is 0.133 e. The number of nitrogens with one attached hydrogen (secondary N) is 1. The van der Waals surface area contributed by atoms with Crippen LogP contribution in [0.25, 0.3) is 21.9 Å². The van der Waals surface area contributed by atoms with Gasteiger partial charge in [-0.25, -0.2) is 4.98 Å². The fraction of sp³-hybridized carbons (Fsp3) is 0.176. The van der Waals surface area contributed by atoms with E-state index in [0.717, 1.165) is 28.9 Å². The number of pyridine rings is 2. The fourth-order valence-electron chi connectivity index (χ4n) is 2.45. The fourth-order valence-corrected chi connectivity index (χ4v) is 2.45. The van der Waals surface area contributed by atoms with E-state index in [4.69, 9.17) is 0 Å². The lowest BCUT2D eigenvalue weighted by Crippen LogP contribution is -1.94. The van der Waals surface area contributed by atoms with E-state index in [9.17, 15) is 0 Å². The van der Waals surface area contributed by atoms with Gasteiger partial charge in [0, 0.05) is 36.1 Å². The molecule has 0 unspecified atom stereocenters. The van der Waals surface area contributed by atoms with Crippen molar-refractivity contribution in [2.75, 3.05) is 12.4 Å². The molecule has 0 radical (unpaired) electrons. The van der Waals surface area contributed by atoms with E-state index in [-0.39, 0.29) is 0 Å². The monoisotopic (exact) mass is 263 g/mol. The molecule has 3 nitrogen and oxygen atoms in total. The van der Waals surface area contributed by atoms with Crippen LogP contribution in [0.1, 0.15) is 12.6 Å². The lowest BCUT2D eigenvalue weighted by Gasteiger charge is -2.09. The van der Waals surface area contributed by atoms with Crippen LogP contribution in [-0.2, 0) is 6.42 Å². The molecule has 0 spiro atoms. The van der Waals surface area contributed by atoms with E-state index >= 15 is 0 Å². The molecule has 2 aromatic heterocycles. The molecule has 0 aliphatic carbocycles. The van der Waals surface area contributed by atoms with Gasteiger partial charge in [-0.2, -0.15) is 0 Å². The van der Waals surface area contributed by atoms with Crippen LogP contribution < -0.4 is 5.32 Å². The summed E-state index contributed by atoms with van der Waals surface area (Å²) in [4.78, 5) is 8.85. The zero-order valence-electron chi connectivity index (χ0n) is 11.7. The smallest absolute Gasteiger partial charge is 0.133 e. The molecule has 0 aliphatic rings. The van der Waals surface area contributed by atoms with Gasteiger partial charge in [0.15, 0.2) is 0 Å². The van der Waals surface area contributed by atoms with E-state index in [2.05, 4.69) is 58.6 Å². The molecule has 0 aliphatic heterocycles. The van der Waals surface area contributed by atoms with Crippen molar-refractivity contribution in [3.8, 4) is 11.1 Å². The van der Waals surface area contributed by atoms with Crippen molar-refractivity contribution < 1.29 is 0 Å². The summed E-state index contributed by atoms with van der Waals surface area (Å²) in [6, 6.07) is 12.6. The molecule has 20 heavy (non-hydrogen) atoms. The maximum atomic E-state index is 4.49. The highest BCUT2D eigenvalue weighted by molar-refractivity contribution is 6.01. The van der Waals surface area contributed by atoms with Gasteiger partial charge in [-0.1, -0.05) is 31.2 Å². The number of aryl methyl sites for hydroxylation is 1. The number of anilines is 1. The summed E-state index contributed by atoms with van der Waals surface area (Å²) >= 11 is 0. The Bertz CT molecular complexity index is 733. The predicted molar refractivity (Wildman–Crippen MR) is 83.9 cm³/mol. The quantitative estimate of drug-likeness (QED) is 0.778. The Labute approximate surface area is 118 Å². The van der Waals surface area contributed by atoms with E-state index in [1.165, 1.54) is 10.9 Å². The molecule has 2 heterocycles. The molecule has 3 rings (SSSR count). The number of hydrogen-bond acceptors (Lipinski definition) is 3. The van der Waals surface area contributed by atoms with Crippen molar-refractivity contribution in [2.45, 2.75) is 13.3 Å². The third-order valence-electron chi connectivity index (χ3n) is 3.54. The highest BCUT2D eigenvalue weighted by Crippen LogP contribution is 2.30. The highest BCUT2D eigenvalue weighted by atomic mass is 14.9. The summed E-state index contributed by atoms with van der Waals surface area (Å²) in [5.74, 6) is 0.905. The number of benzene rings is 1. The molecule has 3 aromatic rings. The van der Waals surface area contributed by atoms with E-state index in [1.54, 1.807) is 0 Å². The first-order valence-corrected chi connectivity index (χ1v) is 6.84. The second kappa shape index (κ2) is 5.29. The summed E-state index contributed by atoms with van der Waals surface area (Å²) in [5, 5.41) is 5.46. The van der Waals surface area contributed by atoms with E-state index in [1.807, 2.05) is 19.4 Å². The van der Waals surface area contributed by atoms with E-state index < -0.39 is 0 Å². The molecule has 0 saturated heterocycles. The molecule has 3 heteroatoms. The normalized spacial score (nSPS) is 10.7. The molecule has 1 N–H and O–H groups in total. The van der Waals surface area contributed by atoms with Crippen LogP contribution in [0.3, 0.4) is 0 Å². The zero-order valence-corrected chi connectivity index (χ0v) is 11.7. The first kappa shape index (κ1) is 12.6. The van der Waals surface area contributed by atoms with Crippen LogP contribution >= 0.6 is 0 Å². The Morgan fingerprint density at radius 3 is 2.60 bits per heavy atom. The van der Waals surface area contributed by atoms with Crippen LogP contribution in [0.2, 0.25) is 0 Å². The van der Waals surface area contributed by atoms with Gasteiger partial charge in [-0.15, -0.1) is 0 Å². The minimum Gasteiger partial charge on any atom is -0.373 e. The second-order valence-electron chi connectivity index (χ2n) is 4.70. The van der Waals surface area contributed by atoms with Crippen molar-refractivity contribution >= 4 is 16.6 Å². The zero-order chi connectivity index (χ0) is 13.9. The molecular weight excluding hydrogens is 246 g/mol. The standard InChI is InChI=1S/C17H17N3/c1-3-13-8-7-12(11-20-13)14-5-4-6-16-15(14)9-10-19-17(16)18-2/h4-11H,3H2,1-2H3,(H,18,19). The minimum absolute atomic E-state index is 0.905. The topological polar surface area (TPSA) is 37.8 Å². The first-order valence-electron chi connectivity index (χ1n) is 6.84. The molecule has 100 valence electrons. The lowest BCUT2D eigenvalue weighted by molar-refractivity contribution is 1.04. The van der Waals surface area contributed by atoms with Gasteiger partial charge in [0.05, 0.1) is 0 Å². The largest absolute Gasteiger partial charge is 0.373 e. The van der Waals surface area contributed by atoms with Crippen LogP contribution in [0, 0.1) is 0 Å². The van der Waals surface area contributed by atoms with Gasteiger partial charge in [0.2, 0.25) is 0 Å².